The lowest BCUT2D eigenvalue weighted by atomic mass is 9.95. The summed E-state index contributed by atoms with van der Waals surface area (Å²) in [5.41, 5.74) is 4.10. The van der Waals surface area contributed by atoms with Gasteiger partial charge in [-0.25, -0.2) is 9.48 Å². The molecule has 4 aromatic carbocycles. The van der Waals surface area contributed by atoms with Crippen LogP contribution in [0.5, 0.6) is 0 Å². The van der Waals surface area contributed by atoms with Crippen LogP contribution in [0.3, 0.4) is 0 Å². The maximum atomic E-state index is 14.0. The van der Waals surface area contributed by atoms with Crippen molar-refractivity contribution in [3.63, 3.8) is 0 Å². The molecule has 1 atom stereocenters. The van der Waals surface area contributed by atoms with E-state index in [2.05, 4.69) is 20.3 Å². The van der Waals surface area contributed by atoms with Crippen LogP contribution in [0.25, 0.3) is 27.5 Å². The van der Waals surface area contributed by atoms with Gasteiger partial charge in [0.1, 0.15) is 11.7 Å². The van der Waals surface area contributed by atoms with Gasteiger partial charge in [-0.05, 0) is 79.9 Å². The van der Waals surface area contributed by atoms with Gasteiger partial charge in [-0.1, -0.05) is 67.8 Å². The molecule has 2 aromatic heterocycles. The van der Waals surface area contributed by atoms with Crippen LogP contribution in [0.2, 0.25) is 0 Å². The molecule has 10 heteroatoms. The number of anilines is 1. The van der Waals surface area contributed by atoms with Crippen LogP contribution in [0, 0.1) is 0 Å². The van der Waals surface area contributed by atoms with E-state index in [0.29, 0.717) is 22.3 Å². The van der Waals surface area contributed by atoms with Gasteiger partial charge in [-0.15, -0.1) is 0 Å². The van der Waals surface area contributed by atoms with Gasteiger partial charge in [-0.2, -0.15) is 0 Å². The first-order valence-corrected chi connectivity index (χ1v) is 17.2. The predicted octanol–water partition coefficient (Wildman–Crippen LogP) is 6.94. The number of esters is 1. The number of benzene rings is 4. The molecule has 0 saturated heterocycles. The molecule has 7 rings (SSSR count). The minimum Gasteiger partial charge on any atom is -0.461 e. The standard InChI is InChI=1S/C40H39N5O5/c1-2-50-40(49)35-25-28-23-29(19-20-33(28)42-35)41-38(47)34(22-26-12-6-3-7-13-26)43-37(46)27-18-21-36-32(24-27)39(48)45(31-16-10-5-11-17-31)44(36)30-14-8-4-9-15-30/h3,5-7,10-13,16-21,23-25,30,34,42H,2,4,8-9,14-15,22H2,1H3,(H,41,47)(H,43,46)/t34-/m0/s1. The molecular weight excluding hydrogens is 630 g/mol. The molecule has 254 valence electrons. The van der Waals surface area contributed by atoms with E-state index >= 15 is 0 Å². The Hall–Kier alpha value is -5.90. The maximum Gasteiger partial charge on any atom is 0.354 e. The van der Waals surface area contributed by atoms with E-state index in [-0.39, 0.29) is 24.6 Å². The van der Waals surface area contributed by atoms with Crippen LogP contribution in [-0.4, -0.2) is 44.8 Å². The van der Waals surface area contributed by atoms with Gasteiger partial charge in [0.25, 0.3) is 11.5 Å². The van der Waals surface area contributed by atoms with Gasteiger partial charge in [0.2, 0.25) is 5.91 Å². The summed E-state index contributed by atoms with van der Waals surface area (Å²) in [6.07, 6.45) is 5.61. The number of nitrogens with one attached hydrogen (secondary N) is 3. The highest BCUT2D eigenvalue weighted by atomic mass is 16.5. The Balaban J connectivity index is 1.18. The highest BCUT2D eigenvalue weighted by molar-refractivity contribution is 6.04. The van der Waals surface area contributed by atoms with Crippen LogP contribution >= 0.6 is 0 Å². The lowest BCUT2D eigenvalue weighted by molar-refractivity contribution is -0.118. The number of rotatable bonds is 10. The second kappa shape index (κ2) is 14.3. The summed E-state index contributed by atoms with van der Waals surface area (Å²) in [7, 11) is 0. The van der Waals surface area contributed by atoms with Crippen molar-refractivity contribution >= 4 is 45.3 Å². The van der Waals surface area contributed by atoms with Crippen LogP contribution in [-0.2, 0) is 16.0 Å². The molecule has 0 spiro atoms. The molecule has 1 saturated carbocycles. The van der Waals surface area contributed by atoms with E-state index in [1.807, 2.05) is 66.7 Å². The van der Waals surface area contributed by atoms with Crippen LogP contribution in [0.1, 0.15) is 71.5 Å². The second-order valence-electron chi connectivity index (χ2n) is 12.7. The fourth-order valence-electron chi connectivity index (χ4n) is 6.92. The molecule has 2 amide bonds. The number of carbonyl (C=O) groups excluding carboxylic acids is 3. The second-order valence-corrected chi connectivity index (χ2v) is 12.7. The van der Waals surface area contributed by atoms with E-state index in [9.17, 15) is 19.2 Å². The fraction of sp³-hybridized carbons (Fsp3) is 0.250. The molecule has 0 radical (unpaired) electrons. The Kier molecular flexibility index (Phi) is 9.33. The first-order chi connectivity index (χ1) is 24.4. The summed E-state index contributed by atoms with van der Waals surface area (Å²) in [4.78, 5) is 56.9. The van der Waals surface area contributed by atoms with Crippen molar-refractivity contribution in [2.45, 2.75) is 57.5 Å². The van der Waals surface area contributed by atoms with E-state index in [1.165, 1.54) is 6.42 Å². The Morgan fingerprint density at radius 2 is 1.62 bits per heavy atom. The van der Waals surface area contributed by atoms with E-state index in [0.717, 1.165) is 53.4 Å². The summed E-state index contributed by atoms with van der Waals surface area (Å²) in [5, 5.41) is 7.06. The number of H-pyrrole nitrogens is 1. The first-order valence-electron chi connectivity index (χ1n) is 17.2. The normalized spacial score (nSPS) is 14.0. The van der Waals surface area contributed by atoms with E-state index < -0.39 is 23.8 Å². The van der Waals surface area contributed by atoms with E-state index in [1.54, 1.807) is 48.0 Å². The molecule has 0 bridgehead atoms. The van der Waals surface area contributed by atoms with Crippen molar-refractivity contribution in [2.75, 3.05) is 11.9 Å². The molecule has 2 heterocycles. The van der Waals surface area contributed by atoms with Gasteiger partial charge >= 0.3 is 5.97 Å². The molecule has 1 aliphatic carbocycles. The minimum absolute atomic E-state index is 0.176. The monoisotopic (exact) mass is 669 g/mol. The summed E-state index contributed by atoms with van der Waals surface area (Å²) >= 11 is 0. The van der Waals surface area contributed by atoms with Crippen molar-refractivity contribution in [1.29, 1.82) is 0 Å². The molecule has 10 nitrogen and oxygen atoms in total. The SMILES string of the molecule is CCOC(=O)c1cc2cc(NC(=O)[C@H](Cc3ccccc3)NC(=O)c3ccc4c(c3)c(=O)n(-c3ccccc3)n4C3CCCCC3)ccc2[nH]1. The van der Waals surface area contributed by atoms with Gasteiger partial charge < -0.3 is 20.4 Å². The van der Waals surface area contributed by atoms with Gasteiger partial charge in [-0.3, -0.25) is 19.1 Å². The number of para-hydroxylation sites is 1. The lowest BCUT2D eigenvalue weighted by Crippen LogP contribution is -2.45. The van der Waals surface area contributed by atoms with Gasteiger partial charge in [0.15, 0.2) is 0 Å². The number of nitrogens with zero attached hydrogens (tertiary/aromatic N) is 2. The van der Waals surface area contributed by atoms with Crippen molar-refractivity contribution in [2.24, 2.45) is 0 Å². The third-order valence-corrected chi connectivity index (χ3v) is 9.35. The average Bonchev–Trinajstić information content (AvgIpc) is 3.71. The zero-order valence-corrected chi connectivity index (χ0v) is 27.9. The fourth-order valence-corrected chi connectivity index (χ4v) is 6.92. The number of fused-ring (bicyclic) bond motifs is 2. The molecule has 50 heavy (non-hydrogen) atoms. The largest absolute Gasteiger partial charge is 0.461 e. The lowest BCUT2D eigenvalue weighted by Gasteiger charge is -2.26. The maximum absolute atomic E-state index is 14.0. The molecule has 0 aliphatic heterocycles. The van der Waals surface area contributed by atoms with Gasteiger partial charge in [0.05, 0.1) is 29.2 Å². The number of aromatic amines is 1. The summed E-state index contributed by atoms with van der Waals surface area (Å²) in [6, 6.07) is 30.5. The Morgan fingerprint density at radius 3 is 2.36 bits per heavy atom. The number of hydrogen-bond acceptors (Lipinski definition) is 5. The summed E-state index contributed by atoms with van der Waals surface area (Å²) in [5.74, 6) is -1.32. The molecule has 3 N–H and O–H groups in total. The Morgan fingerprint density at radius 1 is 0.880 bits per heavy atom. The minimum atomic E-state index is -0.926. The number of aromatic nitrogens is 3. The number of hydrogen-bond donors (Lipinski definition) is 3. The third kappa shape index (κ3) is 6.69. The van der Waals surface area contributed by atoms with E-state index in [4.69, 9.17) is 4.74 Å². The number of carbonyl (C=O) groups is 3. The van der Waals surface area contributed by atoms with Crippen molar-refractivity contribution in [1.82, 2.24) is 19.7 Å². The van der Waals surface area contributed by atoms with Crippen molar-refractivity contribution in [3.8, 4) is 5.69 Å². The average molecular weight is 670 g/mol. The number of ether oxygens (including phenoxy) is 1. The topological polar surface area (TPSA) is 127 Å². The van der Waals surface area contributed by atoms with Gasteiger partial charge in [0, 0.05) is 28.6 Å². The Labute approximate surface area is 289 Å². The molecule has 1 fully saturated rings. The highest BCUT2D eigenvalue weighted by Crippen LogP contribution is 2.32. The summed E-state index contributed by atoms with van der Waals surface area (Å²) < 4.78 is 8.95. The van der Waals surface area contributed by atoms with Crippen molar-refractivity contribution in [3.05, 3.63) is 130 Å². The van der Waals surface area contributed by atoms with Crippen LogP contribution in [0.15, 0.2) is 108 Å². The zero-order valence-electron chi connectivity index (χ0n) is 27.9. The van der Waals surface area contributed by atoms with Crippen molar-refractivity contribution < 1.29 is 19.1 Å². The number of amides is 2. The molecule has 6 aromatic rings. The predicted molar refractivity (Wildman–Crippen MR) is 194 cm³/mol. The highest BCUT2D eigenvalue weighted by Gasteiger charge is 2.26. The third-order valence-electron chi connectivity index (χ3n) is 9.35. The summed E-state index contributed by atoms with van der Waals surface area (Å²) in [6.45, 7) is 2.00. The smallest absolute Gasteiger partial charge is 0.354 e. The van der Waals surface area contributed by atoms with Crippen LogP contribution in [0.4, 0.5) is 5.69 Å². The first kappa shape index (κ1) is 32.6. The van der Waals surface area contributed by atoms with Crippen LogP contribution < -0.4 is 16.2 Å². The molecule has 0 unspecified atom stereocenters. The Bertz CT molecular complexity index is 2230. The molecule has 1 aliphatic rings. The molecular formula is C40H39N5O5. The zero-order chi connectivity index (χ0) is 34.6. The quantitative estimate of drug-likeness (QED) is 0.136.